The number of carbonyl (C=O) groups is 1. The Balaban J connectivity index is 0.00000171. The summed E-state index contributed by atoms with van der Waals surface area (Å²) in [4.78, 5) is 21.1. The van der Waals surface area contributed by atoms with Gasteiger partial charge in [0.05, 0.1) is 28.8 Å². The number of para-hydroxylation sites is 2. The van der Waals surface area contributed by atoms with E-state index in [0.717, 1.165) is 54.9 Å². The van der Waals surface area contributed by atoms with Crippen molar-refractivity contribution in [2.75, 3.05) is 13.1 Å². The van der Waals surface area contributed by atoms with Crippen molar-refractivity contribution in [3.8, 4) is 0 Å². The van der Waals surface area contributed by atoms with Crippen molar-refractivity contribution in [3.05, 3.63) is 41.5 Å². The summed E-state index contributed by atoms with van der Waals surface area (Å²) in [5.41, 5.74) is 3.09. The van der Waals surface area contributed by atoms with Crippen LogP contribution in [0.2, 0.25) is 0 Å². The van der Waals surface area contributed by atoms with Crippen LogP contribution in [0.5, 0.6) is 0 Å². The van der Waals surface area contributed by atoms with Crippen molar-refractivity contribution in [2.45, 2.75) is 52.1 Å². The fourth-order valence-corrected chi connectivity index (χ4v) is 4.02. The van der Waals surface area contributed by atoms with Crippen LogP contribution in [-0.2, 0) is 0 Å². The zero-order valence-electron chi connectivity index (χ0n) is 18.1. The van der Waals surface area contributed by atoms with Crippen LogP contribution in [0.1, 0.15) is 67.2 Å². The van der Waals surface area contributed by atoms with Gasteiger partial charge in [-0.2, -0.15) is 0 Å². The second-order valence-corrected chi connectivity index (χ2v) is 8.24. The summed E-state index contributed by atoms with van der Waals surface area (Å²) in [6.45, 7) is 8.14. The number of amides is 1. The van der Waals surface area contributed by atoms with Gasteiger partial charge in [0.15, 0.2) is 5.69 Å². The molecule has 1 saturated heterocycles. The number of fused-ring (bicyclic) bond motifs is 1. The molecule has 3 N–H and O–H groups in total. The summed E-state index contributed by atoms with van der Waals surface area (Å²) in [7, 11) is 0. The predicted octanol–water partition coefficient (Wildman–Crippen LogP) is 3.75. The highest BCUT2D eigenvalue weighted by Gasteiger charge is 2.26. The maximum absolute atomic E-state index is 13.1. The fraction of sp³-hybridized carbons (Fsp3) is 0.524. The van der Waals surface area contributed by atoms with Crippen molar-refractivity contribution in [1.82, 2.24) is 35.6 Å². The van der Waals surface area contributed by atoms with Gasteiger partial charge in [-0.05, 0) is 57.3 Å². The van der Waals surface area contributed by atoms with Crippen molar-refractivity contribution >= 4 is 41.8 Å². The van der Waals surface area contributed by atoms with Gasteiger partial charge in [0.1, 0.15) is 5.82 Å². The highest BCUT2D eigenvalue weighted by atomic mass is 35.5. The highest BCUT2D eigenvalue weighted by molar-refractivity contribution is 5.93. The average molecular weight is 468 g/mol. The van der Waals surface area contributed by atoms with Crippen LogP contribution in [0.25, 0.3) is 11.0 Å². The topological polar surface area (TPSA) is 101 Å². The second-order valence-electron chi connectivity index (χ2n) is 8.24. The van der Waals surface area contributed by atoms with Crippen LogP contribution in [0, 0.1) is 12.8 Å². The molecule has 0 saturated carbocycles. The molecule has 0 spiro atoms. The lowest BCUT2D eigenvalue weighted by atomic mass is 10.0. The molecule has 1 atom stereocenters. The zero-order valence-corrected chi connectivity index (χ0v) is 19.7. The molecule has 1 aliphatic heterocycles. The van der Waals surface area contributed by atoms with Gasteiger partial charge in [-0.3, -0.25) is 4.79 Å². The van der Waals surface area contributed by atoms with Crippen LogP contribution in [0.3, 0.4) is 0 Å². The van der Waals surface area contributed by atoms with Crippen molar-refractivity contribution in [2.24, 2.45) is 5.92 Å². The summed E-state index contributed by atoms with van der Waals surface area (Å²) in [6, 6.07) is 7.99. The molecule has 31 heavy (non-hydrogen) atoms. The first-order chi connectivity index (χ1) is 14.0. The second kappa shape index (κ2) is 10.9. The van der Waals surface area contributed by atoms with E-state index >= 15 is 0 Å². The normalized spacial score (nSPS) is 15.4. The van der Waals surface area contributed by atoms with Crippen LogP contribution in [0.4, 0.5) is 0 Å². The van der Waals surface area contributed by atoms with E-state index in [1.807, 2.05) is 35.9 Å². The summed E-state index contributed by atoms with van der Waals surface area (Å²) >= 11 is 0. The Kier molecular flexibility index (Phi) is 8.85. The van der Waals surface area contributed by atoms with Crippen LogP contribution in [-0.4, -0.2) is 44.0 Å². The van der Waals surface area contributed by atoms with Crippen molar-refractivity contribution < 1.29 is 4.79 Å². The Morgan fingerprint density at radius 1 is 1.23 bits per heavy atom. The van der Waals surface area contributed by atoms with E-state index in [1.165, 1.54) is 0 Å². The van der Waals surface area contributed by atoms with E-state index in [1.54, 1.807) is 0 Å². The summed E-state index contributed by atoms with van der Waals surface area (Å²) in [5.74, 6) is 0.977. The van der Waals surface area contributed by atoms with Gasteiger partial charge < -0.3 is 15.6 Å². The number of halogens is 2. The molecule has 0 bridgehead atoms. The van der Waals surface area contributed by atoms with Crippen molar-refractivity contribution in [1.29, 1.82) is 0 Å². The van der Waals surface area contributed by atoms with Crippen molar-refractivity contribution in [3.63, 3.8) is 0 Å². The van der Waals surface area contributed by atoms with E-state index < -0.39 is 0 Å². The molecule has 1 aromatic carbocycles. The van der Waals surface area contributed by atoms with Gasteiger partial charge in [-0.15, -0.1) is 29.9 Å². The fourth-order valence-electron chi connectivity index (χ4n) is 4.02. The van der Waals surface area contributed by atoms with E-state index in [0.29, 0.717) is 17.7 Å². The summed E-state index contributed by atoms with van der Waals surface area (Å²) < 4.78 is 1.91. The number of aromatic amines is 1. The SMILES string of the molecule is Cc1c(C(=O)NC(CC(C)C)c2nc3ccccc3[nH]2)nnn1C1CCNCC1.Cl.Cl. The lowest BCUT2D eigenvalue weighted by Crippen LogP contribution is -2.32. The average Bonchev–Trinajstić information content (AvgIpc) is 3.31. The number of nitrogens with zero attached hydrogens (tertiary/aromatic N) is 4. The summed E-state index contributed by atoms with van der Waals surface area (Å²) in [5, 5.41) is 15.0. The number of rotatable bonds is 6. The molecule has 0 radical (unpaired) electrons. The minimum absolute atomic E-state index is 0. The Morgan fingerprint density at radius 2 is 1.94 bits per heavy atom. The van der Waals surface area contributed by atoms with Crippen LogP contribution < -0.4 is 10.6 Å². The molecular weight excluding hydrogens is 437 g/mol. The third-order valence-electron chi connectivity index (χ3n) is 5.55. The molecule has 0 aliphatic carbocycles. The number of nitrogens with one attached hydrogen (secondary N) is 3. The third-order valence-corrected chi connectivity index (χ3v) is 5.55. The molecule has 8 nitrogen and oxygen atoms in total. The highest BCUT2D eigenvalue weighted by Crippen LogP contribution is 2.24. The molecule has 3 heterocycles. The molecule has 1 unspecified atom stereocenters. The quantitative estimate of drug-likeness (QED) is 0.512. The molecule has 1 aliphatic rings. The number of aromatic nitrogens is 5. The number of carbonyl (C=O) groups excluding carboxylic acids is 1. The first-order valence-corrected chi connectivity index (χ1v) is 10.4. The van der Waals surface area contributed by atoms with Crippen LogP contribution >= 0.6 is 24.8 Å². The van der Waals surface area contributed by atoms with Gasteiger partial charge in [-0.25, -0.2) is 9.67 Å². The number of hydrogen-bond donors (Lipinski definition) is 3. The zero-order chi connectivity index (χ0) is 20.4. The maximum Gasteiger partial charge on any atom is 0.274 e. The monoisotopic (exact) mass is 467 g/mol. The van der Waals surface area contributed by atoms with E-state index in [4.69, 9.17) is 4.98 Å². The van der Waals surface area contributed by atoms with Crippen LogP contribution in [0.15, 0.2) is 24.3 Å². The molecule has 4 rings (SSSR count). The Hall–Kier alpha value is -2.16. The van der Waals surface area contributed by atoms with E-state index in [-0.39, 0.29) is 36.8 Å². The molecule has 2 aromatic heterocycles. The number of piperidine rings is 1. The van der Waals surface area contributed by atoms with Gasteiger partial charge in [-0.1, -0.05) is 31.2 Å². The molecule has 1 fully saturated rings. The molecule has 1 amide bonds. The number of benzene rings is 1. The Labute approximate surface area is 194 Å². The first-order valence-electron chi connectivity index (χ1n) is 10.4. The largest absolute Gasteiger partial charge is 0.341 e. The number of H-pyrrole nitrogens is 1. The smallest absolute Gasteiger partial charge is 0.274 e. The molecule has 10 heteroatoms. The van der Waals surface area contributed by atoms with Gasteiger partial charge >= 0.3 is 0 Å². The van der Waals surface area contributed by atoms with Gasteiger partial charge in [0, 0.05) is 0 Å². The predicted molar refractivity (Wildman–Crippen MR) is 126 cm³/mol. The van der Waals surface area contributed by atoms with E-state index in [9.17, 15) is 4.79 Å². The lowest BCUT2D eigenvalue weighted by Gasteiger charge is -2.23. The first kappa shape index (κ1) is 25.1. The molecular formula is C21H31Cl2N7O. The Morgan fingerprint density at radius 3 is 2.61 bits per heavy atom. The number of hydrogen-bond acceptors (Lipinski definition) is 5. The molecule has 170 valence electrons. The van der Waals surface area contributed by atoms with E-state index in [2.05, 4.69) is 39.8 Å². The summed E-state index contributed by atoms with van der Waals surface area (Å²) in [6.07, 6.45) is 2.79. The van der Waals surface area contributed by atoms with Gasteiger partial charge in [0.25, 0.3) is 5.91 Å². The lowest BCUT2D eigenvalue weighted by molar-refractivity contribution is 0.0924. The minimum Gasteiger partial charge on any atom is -0.341 e. The molecule has 3 aromatic rings. The maximum atomic E-state index is 13.1. The van der Waals surface area contributed by atoms with Gasteiger partial charge in [0.2, 0.25) is 0 Å². The number of imidazole rings is 1. The minimum atomic E-state index is -0.210. The Bertz CT molecular complexity index is 962. The third kappa shape index (κ3) is 5.56. The standard InChI is InChI=1S/C21H29N7O.2ClH/c1-13(2)12-18(20-23-16-6-4-5-7-17(16)24-20)25-21(29)19-14(3)28(27-26-19)15-8-10-22-11-9-15;;/h4-7,13,15,18,22H,8-12H2,1-3H3,(H,23,24)(H,25,29);2*1H.